The van der Waals surface area contributed by atoms with Gasteiger partial charge in [-0.15, -0.1) is 0 Å². The summed E-state index contributed by atoms with van der Waals surface area (Å²) in [6.45, 7) is 0. The molecule has 0 aliphatic heterocycles. The molecule has 0 saturated heterocycles. The van der Waals surface area contributed by atoms with Crippen molar-refractivity contribution in [3.8, 4) is 33.4 Å². The Kier molecular flexibility index (Phi) is 2.70. The van der Waals surface area contributed by atoms with E-state index in [-0.39, 0.29) is 0 Å². The highest BCUT2D eigenvalue weighted by atomic mass is 14.2. The Bertz CT molecular complexity index is 1310. The van der Waals surface area contributed by atoms with Gasteiger partial charge in [0, 0.05) is 0 Å². The van der Waals surface area contributed by atoms with E-state index in [1.165, 1.54) is 54.9 Å². The highest BCUT2D eigenvalue weighted by molar-refractivity contribution is 6.16. The van der Waals surface area contributed by atoms with Crippen molar-refractivity contribution in [2.45, 2.75) is 0 Å². The minimum absolute atomic E-state index is 1.28. The first-order valence-electron chi connectivity index (χ1n) is 9.05. The molecule has 6 rings (SSSR count). The van der Waals surface area contributed by atoms with Gasteiger partial charge in [-0.3, -0.25) is 0 Å². The quantitative estimate of drug-likeness (QED) is 0.297. The van der Waals surface area contributed by atoms with Crippen molar-refractivity contribution in [1.29, 1.82) is 0 Å². The number of hydrogen-bond donors (Lipinski definition) is 0. The molecule has 0 saturated carbocycles. The maximum absolute atomic E-state index is 2.37. The third-order valence-corrected chi connectivity index (χ3v) is 5.61. The summed E-state index contributed by atoms with van der Waals surface area (Å²) in [5.41, 5.74) is 8.00. The predicted molar refractivity (Wildman–Crippen MR) is 111 cm³/mol. The minimum atomic E-state index is 1.28. The van der Waals surface area contributed by atoms with Gasteiger partial charge in [0.1, 0.15) is 0 Å². The second kappa shape index (κ2) is 5.06. The van der Waals surface area contributed by atoms with Crippen LogP contribution >= 0.6 is 0 Å². The Balaban J connectivity index is 1.65. The zero-order chi connectivity index (χ0) is 17.1. The molecule has 1 aliphatic carbocycles. The molecular formula is C26H16. The molecule has 0 spiro atoms. The summed E-state index contributed by atoms with van der Waals surface area (Å²) < 4.78 is 0. The molecule has 0 heterocycles. The van der Waals surface area contributed by atoms with Gasteiger partial charge in [0.2, 0.25) is 0 Å². The average molecular weight is 328 g/mol. The molecule has 0 radical (unpaired) electrons. The first kappa shape index (κ1) is 13.9. The van der Waals surface area contributed by atoms with Gasteiger partial charge in [0.25, 0.3) is 0 Å². The van der Waals surface area contributed by atoms with Crippen LogP contribution in [0, 0.1) is 0 Å². The first-order valence-corrected chi connectivity index (χ1v) is 9.05. The summed E-state index contributed by atoms with van der Waals surface area (Å²) in [7, 11) is 0. The van der Waals surface area contributed by atoms with Crippen molar-refractivity contribution in [1.82, 2.24) is 0 Å². The van der Waals surface area contributed by atoms with Crippen LogP contribution in [0.3, 0.4) is 0 Å². The zero-order valence-corrected chi connectivity index (χ0v) is 14.2. The van der Waals surface area contributed by atoms with E-state index in [4.69, 9.17) is 0 Å². The molecule has 0 heteroatoms. The molecule has 0 unspecified atom stereocenters. The Labute approximate surface area is 152 Å². The lowest BCUT2D eigenvalue weighted by Crippen LogP contribution is -1.83. The van der Waals surface area contributed by atoms with E-state index in [1.54, 1.807) is 0 Å². The van der Waals surface area contributed by atoms with Crippen LogP contribution in [0.5, 0.6) is 0 Å². The summed E-state index contributed by atoms with van der Waals surface area (Å²) in [6, 6.07) is 35.4. The number of benzene rings is 5. The third kappa shape index (κ3) is 1.79. The van der Waals surface area contributed by atoms with Crippen LogP contribution in [0.2, 0.25) is 0 Å². The van der Waals surface area contributed by atoms with Gasteiger partial charge in [0.05, 0.1) is 0 Å². The Morgan fingerprint density at radius 2 is 1.04 bits per heavy atom. The van der Waals surface area contributed by atoms with E-state index in [0.29, 0.717) is 0 Å². The smallest absolute Gasteiger partial charge is 0.00264 e. The van der Waals surface area contributed by atoms with Gasteiger partial charge in [-0.05, 0) is 61.0 Å². The molecule has 0 atom stereocenters. The fraction of sp³-hybridized carbons (Fsp3) is 0. The summed E-state index contributed by atoms with van der Waals surface area (Å²) in [5.74, 6) is 0. The van der Waals surface area contributed by atoms with Gasteiger partial charge in [-0.2, -0.15) is 0 Å². The lowest BCUT2D eigenvalue weighted by atomic mass is 9.94. The van der Waals surface area contributed by atoms with Crippen molar-refractivity contribution >= 4 is 21.5 Å². The molecule has 26 heavy (non-hydrogen) atoms. The number of fused-ring (bicyclic) bond motifs is 4. The normalized spacial score (nSPS) is 11.8. The molecule has 0 fully saturated rings. The molecule has 0 aromatic heterocycles. The number of hydrogen-bond acceptors (Lipinski definition) is 0. The summed E-state index contributed by atoms with van der Waals surface area (Å²) in [5, 5.41) is 5.31. The largest absolute Gasteiger partial charge is 0.0616 e. The summed E-state index contributed by atoms with van der Waals surface area (Å²) in [4.78, 5) is 0. The van der Waals surface area contributed by atoms with E-state index in [2.05, 4.69) is 97.1 Å². The van der Waals surface area contributed by atoms with E-state index < -0.39 is 0 Å². The Morgan fingerprint density at radius 1 is 0.385 bits per heavy atom. The molecule has 5 aromatic carbocycles. The molecular weight excluding hydrogens is 312 g/mol. The lowest BCUT2D eigenvalue weighted by molar-refractivity contribution is 1.65. The molecule has 1 aliphatic rings. The monoisotopic (exact) mass is 328 g/mol. The fourth-order valence-electron chi connectivity index (χ4n) is 4.44. The van der Waals surface area contributed by atoms with Crippen LogP contribution in [0.25, 0.3) is 54.9 Å². The van der Waals surface area contributed by atoms with Gasteiger partial charge in [-0.1, -0.05) is 91.0 Å². The van der Waals surface area contributed by atoms with Gasteiger partial charge in [-0.25, -0.2) is 0 Å². The van der Waals surface area contributed by atoms with E-state index in [1.807, 2.05) is 0 Å². The second-order valence-electron chi connectivity index (χ2n) is 7.00. The molecule has 5 aromatic rings. The Morgan fingerprint density at radius 3 is 1.88 bits per heavy atom. The molecule has 0 bridgehead atoms. The van der Waals surface area contributed by atoms with Gasteiger partial charge in [0.15, 0.2) is 0 Å². The first-order chi connectivity index (χ1) is 12.9. The van der Waals surface area contributed by atoms with E-state index in [0.717, 1.165) is 0 Å². The minimum Gasteiger partial charge on any atom is -0.0616 e. The summed E-state index contributed by atoms with van der Waals surface area (Å²) in [6.07, 6.45) is 0. The predicted octanol–water partition coefficient (Wildman–Crippen LogP) is 7.31. The van der Waals surface area contributed by atoms with Gasteiger partial charge >= 0.3 is 0 Å². The molecule has 0 N–H and O–H groups in total. The standard InChI is InChI=1S/C26H16/c1-2-10-20-17(6-1)7-3-11-21(20)19-14-15-22-23-12-4-8-18-9-5-13-24(26(18)23)25(22)16-19/h1-16H. The average Bonchev–Trinajstić information content (AvgIpc) is 3.03. The maximum Gasteiger partial charge on any atom is -0.00264 e. The molecule has 120 valence electrons. The lowest BCUT2D eigenvalue weighted by Gasteiger charge is -2.10. The second-order valence-corrected chi connectivity index (χ2v) is 7.00. The van der Waals surface area contributed by atoms with Crippen molar-refractivity contribution in [3.63, 3.8) is 0 Å². The zero-order valence-electron chi connectivity index (χ0n) is 14.2. The van der Waals surface area contributed by atoms with Crippen LogP contribution in [0.15, 0.2) is 97.1 Å². The van der Waals surface area contributed by atoms with Crippen molar-refractivity contribution < 1.29 is 0 Å². The van der Waals surface area contributed by atoms with Gasteiger partial charge < -0.3 is 0 Å². The van der Waals surface area contributed by atoms with Crippen LogP contribution < -0.4 is 0 Å². The number of rotatable bonds is 1. The fourth-order valence-corrected chi connectivity index (χ4v) is 4.44. The van der Waals surface area contributed by atoms with Crippen LogP contribution in [0.4, 0.5) is 0 Å². The topological polar surface area (TPSA) is 0 Å². The van der Waals surface area contributed by atoms with Crippen molar-refractivity contribution in [2.75, 3.05) is 0 Å². The van der Waals surface area contributed by atoms with Crippen molar-refractivity contribution in [2.24, 2.45) is 0 Å². The van der Waals surface area contributed by atoms with Crippen molar-refractivity contribution in [3.05, 3.63) is 97.1 Å². The highest BCUT2D eigenvalue weighted by Gasteiger charge is 2.21. The highest BCUT2D eigenvalue weighted by Crippen LogP contribution is 2.48. The van der Waals surface area contributed by atoms with E-state index in [9.17, 15) is 0 Å². The molecule has 0 nitrogen and oxygen atoms in total. The maximum atomic E-state index is 2.37. The van der Waals surface area contributed by atoms with Crippen LogP contribution in [-0.4, -0.2) is 0 Å². The summed E-state index contributed by atoms with van der Waals surface area (Å²) >= 11 is 0. The van der Waals surface area contributed by atoms with Crippen LogP contribution in [-0.2, 0) is 0 Å². The Hall–Kier alpha value is -3.38. The SMILES string of the molecule is c1ccc2c(-c3ccc4c(c3)-c3cccc5cccc-4c35)cccc2c1. The third-order valence-electron chi connectivity index (χ3n) is 5.61. The van der Waals surface area contributed by atoms with Crippen LogP contribution in [0.1, 0.15) is 0 Å². The van der Waals surface area contributed by atoms with E-state index >= 15 is 0 Å². The molecule has 0 amide bonds.